The van der Waals surface area contributed by atoms with Gasteiger partial charge in [0.25, 0.3) is 0 Å². The number of nitrogens with zero attached hydrogens (tertiary/aromatic N) is 2. The van der Waals surface area contributed by atoms with Gasteiger partial charge in [-0.15, -0.1) is 17.9 Å². The molecule has 15 aromatic carbocycles. The van der Waals surface area contributed by atoms with Crippen LogP contribution in [0.3, 0.4) is 0 Å². The number of allylic oxidation sites excluding steroid dienone is 14. The minimum absolute atomic E-state index is 0.123. The number of thiophene rings is 1. The van der Waals surface area contributed by atoms with E-state index < -0.39 is 0 Å². The van der Waals surface area contributed by atoms with Crippen LogP contribution in [0.2, 0.25) is 0 Å². The molecule has 3 nitrogen and oxygen atoms in total. The van der Waals surface area contributed by atoms with Gasteiger partial charge in [-0.1, -0.05) is 341 Å². The Hall–Kier alpha value is -14.4. The highest BCUT2D eigenvalue weighted by molar-refractivity contribution is 7.26. The van der Waals surface area contributed by atoms with Crippen molar-refractivity contribution in [2.24, 2.45) is 11.8 Å². The van der Waals surface area contributed by atoms with E-state index in [4.69, 9.17) is 17.6 Å². The van der Waals surface area contributed by atoms with Gasteiger partial charge in [0, 0.05) is 71.4 Å². The first-order valence-electron chi connectivity index (χ1n) is 42.2. The van der Waals surface area contributed by atoms with E-state index in [1.807, 2.05) is 41.9 Å². The van der Waals surface area contributed by atoms with Crippen LogP contribution in [0.15, 0.2) is 448 Å². The van der Waals surface area contributed by atoms with Gasteiger partial charge in [-0.3, -0.25) is 0 Å². The first kappa shape index (κ1) is 75.3. The fourth-order valence-corrected chi connectivity index (χ4v) is 20.0. The first-order chi connectivity index (χ1) is 59.6. The molecule has 0 N–H and O–H groups in total. The Morgan fingerprint density at radius 1 is 0.504 bits per heavy atom. The van der Waals surface area contributed by atoms with Crippen molar-refractivity contribution in [2.75, 3.05) is 9.80 Å². The zero-order valence-electron chi connectivity index (χ0n) is 67.9. The van der Waals surface area contributed by atoms with Crippen molar-refractivity contribution in [1.29, 1.82) is 0 Å². The Balaban J connectivity index is 0.614. The molecule has 20 rings (SSSR count). The summed E-state index contributed by atoms with van der Waals surface area (Å²) >= 11 is 1.86. The molecule has 0 aliphatic heterocycles. The predicted octanol–water partition coefficient (Wildman–Crippen LogP) is 32.6. The maximum Gasteiger partial charge on any atom is 0.134 e. The molecule has 0 radical (unpaired) electrons. The van der Waals surface area contributed by atoms with E-state index in [1.54, 1.807) is 0 Å². The normalized spacial score (nSPS) is 15.4. The third-order valence-corrected chi connectivity index (χ3v) is 26.3. The maximum atomic E-state index is 6.37. The molecular formula is C117H90N2OS. The Morgan fingerprint density at radius 3 is 1.93 bits per heavy atom. The average Bonchev–Trinajstić information content (AvgIpc) is 1.72. The number of hydrogen-bond acceptors (Lipinski definition) is 4. The summed E-state index contributed by atoms with van der Waals surface area (Å²) in [7, 11) is 0. The number of aryl methyl sites for hydroxylation is 2. The van der Waals surface area contributed by atoms with E-state index in [0.717, 1.165) is 120 Å². The van der Waals surface area contributed by atoms with Gasteiger partial charge in [0.2, 0.25) is 0 Å². The molecule has 4 unspecified atom stereocenters. The van der Waals surface area contributed by atoms with Crippen molar-refractivity contribution >= 4 is 126 Å². The van der Waals surface area contributed by atoms with Crippen LogP contribution in [0.1, 0.15) is 58.6 Å². The molecule has 3 aliphatic rings. The third kappa shape index (κ3) is 14.6. The molecule has 4 heteroatoms. The summed E-state index contributed by atoms with van der Waals surface area (Å²) < 4.78 is 8.97. The van der Waals surface area contributed by atoms with Crippen molar-refractivity contribution in [2.45, 2.75) is 44.6 Å². The molecule has 0 saturated heterocycles. The topological polar surface area (TPSA) is 19.6 Å². The van der Waals surface area contributed by atoms with Gasteiger partial charge in [-0.05, 0) is 256 Å². The zero-order valence-corrected chi connectivity index (χ0v) is 68.7. The lowest BCUT2D eigenvalue weighted by molar-refractivity contribution is 0.615. The second-order valence-corrected chi connectivity index (χ2v) is 33.3. The summed E-state index contributed by atoms with van der Waals surface area (Å²) in [4.78, 5) is 4.89. The fourth-order valence-electron chi connectivity index (χ4n) is 18.7. The lowest BCUT2D eigenvalue weighted by Gasteiger charge is -2.36. The van der Waals surface area contributed by atoms with Gasteiger partial charge >= 0.3 is 0 Å². The van der Waals surface area contributed by atoms with Crippen molar-refractivity contribution < 1.29 is 4.42 Å². The van der Waals surface area contributed by atoms with Crippen LogP contribution in [0.4, 0.5) is 22.7 Å². The number of anilines is 4. The van der Waals surface area contributed by atoms with Gasteiger partial charge in [0.15, 0.2) is 0 Å². The van der Waals surface area contributed by atoms with E-state index >= 15 is 0 Å². The van der Waals surface area contributed by atoms with Gasteiger partial charge in [0.1, 0.15) is 5.58 Å². The minimum atomic E-state index is -0.167. The zero-order chi connectivity index (χ0) is 81.4. The Labute approximate surface area is 712 Å². The standard InChI is InChI=1S/C117H90N2OS/c1-6-25-114(79(5)77(3)46-47-81-48-51-83-27-8-9-29-89(83)71-81)119(95-66-58-86(59-67-95)101-42-24-43-108-107-40-19-21-45-116(107)121-117(101)108)96-68-60-88(61-69-96)110-70-78(4)109(103-36-15-17-38-105(103)110)73-82(7-2)98(113-76-120-115-44-20-18-39-106(113)115)41-22-26-80-49-62-93(63-50-80)118(94-64-56-84(57-65-94)90-55-54-87-53-52-85-28-10-12-33-99(85)111(87)74-90)97-32-23-31-91(72-97)112-75-92-30-11-13-34-100(92)102-35-14-16-37-104(102)112/h6-24,26-45,48-49,51-76,80,85,99,114H,1-3,5,25,46-47,50H2,4H3/b26-22+,82-73+,98-41-. The second kappa shape index (κ2) is 32.8. The fraction of sp³-hybridized carbons (Fsp3) is 0.0769. The molecule has 0 fully saturated rings. The van der Waals surface area contributed by atoms with Crippen LogP contribution in [-0.2, 0) is 6.42 Å². The van der Waals surface area contributed by atoms with E-state index in [1.165, 1.54) is 103 Å². The highest BCUT2D eigenvalue weighted by Crippen LogP contribution is 2.47. The van der Waals surface area contributed by atoms with Gasteiger partial charge < -0.3 is 14.2 Å². The Kier molecular flexibility index (Phi) is 20.4. The van der Waals surface area contributed by atoms with Crippen LogP contribution in [0.5, 0.6) is 0 Å². The number of furan rings is 1. The molecule has 0 spiro atoms. The summed E-state index contributed by atoms with van der Waals surface area (Å²) in [5.74, 6) is 0.838. The highest BCUT2D eigenvalue weighted by Gasteiger charge is 2.28. The van der Waals surface area contributed by atoms with Gasteiger partial charge in [-0.25, -0.2) is 0 Å². The molecule has 0 saturated carbocycles. The van der Waals surface area contributed by atoms with E-state index in [2.05, 4.69) is 406 Å². The van der Waals surface area contributed by atoms with Crippen LogP contribution in [-0.4, -0.2) is 6.04 Å². The van der Waals surface area contributed by atoms with Crippen molar-refractivity contribution in [3.05, 3.63) is 477 Å². The maximum absolute atomic E-state index is 6.37. The molecule has 4 atom stereocenters. The lowest BCUT2D eigenvalue weighted by Crippen LogP contribution is -2.33. The highest BCUT2D eigenvalue weighted by atomic mass is 32.1. The Morgan fingerprint density at radius 2 is 1.16 bits per heavy atom. The number of hydrogen-bond donors (Lipinski definition) is 0. The molecule has 2 aromatic heterocycles. The summed E-state index contributed by atoms with van der Waals surface area (Å²) in [5.41, 5.74) is 27.0. The molecule has 2 heterocycles. The molecule has 0 amide bonds. The summed E-state index contributed by atoms with van der Waals surface area (Å²) in [6.07, 6.45) is 38.9. The predicted molar refractivity (Wildman–Crippen MR) is 521 cm³/mol. The van der Waals surface area contributed by atoms with E-state index in [0.29, 0.717) is 18.3 Å². The van der Waals surface area contributed by atoms with Crippen molar-refractivity contribution in [3.63, 3.8) is 0 Å². The van der Waals surface area contributed by atoms with Crippen LogP contribution < -0.4 is 9.80 Å². The minimum Gasteiger partial charge on any atom is -0.464 e. The van der Waals surface area contributed by atoms with Crippen LogP contribution in [0, 0.1) is 18.8 Å². The summed E-state index contributed by atoms with van der Waals surface area (Å²) in [5, 5.41) is 13.4. The molecule has 3 aliphatic carbocycles. The summed E-state index contributed by atoms with van der Waals surface area (Å²) in [6.45, 7) is 20.8. The molecular weight excluding hydrogens is 1480 g/mol. The van der Waals surface area contributed by atoms with Crippen LogP contribution >= 0.6 is 11.3 Å². The molecule has 0 bridgehead atoms. The third-order valence-electron chi connectivity index (χ3n) is 25.1. The molecule has 121 heavy (non-hydrogen) atoms. The Bertz CT molecular complexity index is 7260. The largest absolute Gasteiger partial charge is 0.464 e. The quantitative estimate of drug-likeness (QED) is 0.0361. The lowest BCUT2D eigenvalue weighted by atomic mass is 9.76. The summed E-state index contributed by atoms with van der Waals surface area (Å²) in [6, 6.07) is 114. The molecule has 580 valence electrons. The van der Waals surface area contributed by atoms with Gasteiger partial charge in [0.05, 0.1) is 12.3 Å². The van der Waals surface area contributed by atoms with Crippen molar-refractivity contribution in [3.8, 4) is 44.5 Å². The average molecular weight is 1570 g/mol. The van der Waals surface area contributed by atoms with Gasteiger partial charge in [-0.2, -0.15) is 0 Å². The van der Waals surface area contributed by atoms with Crippen molar-refractivity contribution in [1.82, 2.24) is 0 Å². The molecule has 17 aromatic rings. The number of fused-ring (bicyclic) bond motifs is 12. The SMILES string of the molecule is C=CCC(C(=C)C(=C)CCc1ccc2ccccc2c1)N(c1ccc(-c2cc(C)c(/C=C(C=C)/C(=C/C=C/C3C=CC(N(c4ccc(-c5ccc6c(c5)C5C=CC=CC5C=C6)cc4)c4cccc(-c5cc6ccccc6c6ccccc56)c4)=CC3)c3coc4ccccc34)c3ccccc23)cc1)c1ccc(-c2cccc3c2sc2ccccc23)cc1. The number of para-hydroxylation sites is 1. The monoisotopic (exact) mass is 1570 g/mol. The van der Waals surface area contributed by atoms with E-state index in [9.17, 15) is 0 Å². The second-order valence-electron chi connectivity index (χ2n) is 32.3. The van der Waals surface area contributed by atoms with E-state index in [-0.39, 0.29) is 12.0 Å². The first-order valence-corrected chi connectivity index (χ1v) is 43.0. The smallest absolute Gasteiger partial charge is 0.134 e. The van der Waals surface area contributed by atoms with Crippen LogP contribution in [0.25, 0.3) is 136 Å². The number of benzene rings is 15. The number of rotatable bonds is 23.